The van der Waals surface area contributed by atoms with Crippen LogP contribution in [0.1, 0.15) is 487 Å². The van der Waals surface area contributed by atoms with Crippen molar-refractivity contribution in [2.45, 2.75) is 544 Å². The second kappa shape index (κ2) is 52.7. The first-order chi connectivity index (χ1) is 51.2. The lowest BCUT2D eigenvalue weighted by atomic mass is 9.50. The van der Waals surface area contributed by atoms with Crippen LogP contribution in [0, 0.1) is 104 Å². The summed E-state index contributed by atoms with van der Waals surface area (Å²) in [6.45, 7) is 49.0. The van der Waals surface area contributed by atoms with Crippen molar-refractivity contribution in [3.8, 4) is 0 Å². The summed E-state index contributed by atoms with van der Waals surface area (Å²) in [5, 5.41) is 0. The quantitative estimate of drug-likeness (QED) is 0.0912. The van der Waals surface area contributed by atoms with E-state index in [1.165, 1.54) is 64.2 Å². The third kappa shape index (κ3) is 30.1. The van der Waals surface area contributed by atoms with E-state index in [9.17, 15) is 47.9 Å². The Hall–Kier alpha value is -5.30. The predicted molar refractivity (Wildman–Crippen MR) is 540 cm³/mol. The minimum absolute atomic E-state index is 0. The zero-order chi connectivity index (χ0) is 82.8. The lowest BCUT2D eigenvalue weighted by Crippen LogP contribution is -2.58. The number of fused-ring (bicyclic) bond motifs is 9. The highest BCUT2D eigenvalue weighted by molar-refractivity contribution is 5.81. The molecule has 20 heteroatoms. The van der Waals surface area contributed by atoms with Gasteiger partial charge in [-0.1, -0.05) is 175 Å². The average molecular weight is 1850 g/mol. The molecule has 12 saturated carbocycles. The van der Waals surface area contributed by atoms with Crippen LogP contribution in [-0.4, -0.2) is 117 Å². The van der Waals surface area contributed by atoms with Crippen LogP contribution in [0.2, 0.25) is 0 Å². The molecule has 17 aliphatic rings. The minimum atomic E-state index is -0.709. The molecule has 0 aromatic heterocycles. The minimum Gasteiger partial charge on any atom is -0.458 e. The van der Waals surface area contributed by atoms with Gasteiger partial charge in [0.25, 0.3) is 0 Å². The summed E-state index contributed by atoms with van der Waals surface area (Å²) in [6, 6.07) is 0. The van der Waals surface area contributed by atoms with Crippen molar-refractivity contribution in [3.63, 3.8) is 0 Å². The summed E-state index contributed by atoms with van der Waals surface area (Å²) < 4.78 is 56.7. The third-order valence-electron chi connectivity index (χ3n) is 31.7. The first-order valence-corrected chi connectivity index (χ1v) is 43.4. The topological polar surface area (TPSA) is 263 Å². The van der Waals surface area contributed by atoms with Gasteiger partial charge in [0.05, 0.1) is 56.2 Å². The highest BCUT2D eigenvalue weighted by Crippen LogP contribution is 2.62. The van der Waals surface area contributed by atoms with Crippen molar-refractivity contribution in [1.82, 2.24) is 0 Å². The van der Waals surface area contributed by atoms with Gasteiger partial charge in [0.2, 0.25) is 0 Å². The van der Waals surface area contributed by atoms with E-state index in [1.54, 1.807) is 0 Å². The Morgan fingerprint density at radius 3 is 0.953 bits per heavy atom. The van der Waals surface area contributed by atoms with E-state index >= 15 is 0 Å². The monoisotopic (exact) mass is 1850 g/mol. The van der Waals surface area contributed by atoms with Gasteiger partial charge in [0.1, 0.15) is 57.5 Å². The van der Waals surface area contributed by atoms with Crippen LogP contribution in [0.5, 0.6) is 0 Å². The summed E-state index contributed by atoms with van der Waals surface area (Å²) in [5.41, 5.74) is -6.21. The van der Waals surface area contributed by atoms with E-state index in [1.807, 2.05) is 145 Å². The first kappa shape index (κ1) is 144. The fourth-order valence-electron chi connectivity index (χ4n) is 19.9. The Bertz CT molecular complexity index is 3280. The number of carbonyl (C=O) groups is 10. The van der Waals surface area contributed by atoms with Crippen molar-refractivity contribution in [1.29, 1.82) is 0 Å². The lowest BCUT2D eigenvalue weighted by molar-refractivity contribution is -0.221. The molecular formula is C109H218O20. The Balaban J connectivity index is -0.000000160. The molecule has 5 aliphatic heterocycles. The third-order valence-corrected chi connectivity index (χ3v) is 31.7. The fraction of sp³-hybridized carbons (Fsp3) is 0.908. The van der Waals surface area contributed by atoms with Crippen LogP contribution in [-0.2, 0) is 95.3 Å². The summed E-state index contributed by atoms with van der Waals surface area (Å²) in [7, 11) is 0. The van der Waals surface area contributed by atoms with Crippen LogP contribution >= 0.6 is 0 Å². The Kier molecular flexibility index (Phi) is 58.9. The van der Waals surface area contributed by atoms with Gasteiger partial charge >= 0.3 is 59.7 Å². The lowest BCUT2D eigenvalue weighted by Gasteiger charge is -2.59. The molecule has 0 spiro atoms. The standard InChI is InChI=1S/2C17H28O2.C15H24O4.3C14H22O4.18CH4/c2*1-5-16(2,3)15(18)19-17(4)13-7-11-6-12(9-13)10-14(17)8-11;1-6-13(2,3)12(17)19-14(4)8-7-10-9-15(14,5)18-11(10)16;1-5-13(2,3)12(16)17-10-8-9-6-7-14(10,4)18-11(9)15;1-5-13(2,3)12(16)18-14(4)7-6-9-8-10(14)17-11(9)15;1-5-13(2,3)12(16)17-10-7-6-9-8-14(10,4)18-11(9)15;;;;;;;;;;;;;;;;;;/h2*11-14H,5-10H2,1-4H3;10H,6-9H2,1-5H3;3*9-10H,5-8H2,1-4H3;18*1H4. The second-order valence-electron chi connectivity index (χ2n) is 42.2. The van der Waals surface area contributed by atoms with E-state index in [-0.39, 0.29) is 257 Å². The second-order valence-corrected chi connectivity index (χ2v) is 42.2. The molecule has 20 nitrogen and oxygen atoms in total. The van der Waals surface area contributed by atoms with Gasteiger partial charge in [-0.15, -0.1) is 0 Å². The molecular weight excluding hydrogens is 1630 g/mol. The number of hydrogen-bond donors (Lipinski definition) is 0. The zero-order valence-electron chi connectivity index (χ0n) is 73.1. The van der Waals surface area contributed by atoms with Gasteiger partial charge in [-0.05, 0) is 333 Å². The Morgan fingerprint density at radius 2 is 0.597 bits per heavy atom. The van der Waals surface area contributed by atoms with Gasteiger partial charge in [-0.3, -0.25) is 47.9 Å². The van der Waals surface area contributed by atoms with E-state index in [4.69, 9.17) is 47.4 Å². The SMILES string of the molecule is C.C.C.C.C.C.C.C.C.C.C.C.C.C.C.C.C.C.CCC(C)(C)C(=O)OC1(C)C2CC3CC(C2)CC1C3.CCC(C)(C)C(=O)OC1(C)C2CC3CC(C2)CC1C3.CCC(C)(C)C(=O)OC1(C)CCC2CC1(C)OC2=O.CCC(C)(C)C(=O)OC1(C)CCC2CC1OC2=O.CCC(C)(C)C(=O)OC1CC2CCC1(C)OC2=O.CCC(C)(C)C(=O)OC1CCC2CC1(C)OC2=O. The molecule has 12 unspecified atom stereocenters. The summed E-state index contributed by atoms with van der Waals surface area (Å²) in [6.07, 6.45) is 25.7. The number of esters is 10. The maximum atomic E-state index is 12.5. The predicted octanol–water partition coefficient (Wildman–Crippen LogP) is 30.0. The van der Waals surface area contributed by atoms with E-state index < -0.39 is 49.7 Å². The van der Waals surface area contributed by atoms with Gasteiger partial charge in [0.15, 0.2) is 0 Å². The highest BCUT2D eigenvalue weighted by Gasteiger charge is 2.64. The molecule has 5 saturated heterocycles. The zero-order valence-corrected chi connectivity index (χ0v) is 73.1. The van der Waals surface area contributed by atoms with Crippen molar-refractivity contribution in [2.75, 3.05) is 0 Å². The van der Waals surface area contributed by atoms with Crippen molar-refractivity contribution in [2.24, 2.45) is 104 Å². The maximum absolute atomic E-state index is 12.5. The molecule has 0 aromatic rings. The summed E-state index contributed by atoms with van der Waals surface area (Å²) in [5.74, 6) is 4.81. The van der Waals surface area contributed by atoms with Crippen molar-refractivity contribution < 1.29 is 95.3 Å². The van der Waals surface area contributed by atoms with Crippen LogP contribution in [0.4, 0.5) is 0 Å². The molecule has 0 aromatic carbocycles. The molecule has 774 valence electrons. The van der Waals surface area contributed by atoms with E-state index in [0.29, 0.717) is 62.2 Å². The smallest absolute Gasteiger partial charge is 0.312 e. The molecule has 12 aliphatic carbocycles. The van der Waals surface area contributed by atoms with E-state index in [0.717, 1.165) is 101 Å². The molecule has 16 bridgehead atoms. The Labute approximate surface area is 798 Å². The van der Waals surface area contributed by atoms with Gasteiger partial charge in [-0.2, -0.15) is 0 Å². The van der Waals surface area contributed by atoms with Crippen LogP contribution in [0.3, 0.4) is 0 Å². The van der Waals surface area contributed by atoms with Crippen molar-refractivity contribution >= 4 is 59.7 Å². The molecule has 129 heavy (non-hydrogen) atoms. The summed E-state index contributed by atoms with van der Waals surface area (Å²) in [4.78, 5) is 120. The Morgan fingerprint density at radius 1 is 0.302 bits per heavy atom. The fourth-order valence-corrected chi connectivity index (χ4v) is 19.9. The van der Waals surface area contributed by atoms with Crippen LogP contribution in [0.25, 0.3) is 0 Å². The number of carbonyl (C=O) groups excluding carboxylic acids is 10. The molecule has 12 atom stereocenters. The number of rotatable bonds is 18. The molecule has 5 heterocycles. The molecule has 17 fully saturated rings. The maximum Gasteiger partial charge on any atom is 0.312 e. The first-order valence-electron chi connectivity index (χ1n) is 43.4. The normalized spacial score (nSPS) is 33.4. The van der Waals surface area contributed by atoms with Crippen molar-refractivity contribution in [3.05, 3.63) is 0 Å². The summed E-state index contributed by atoms with van der Waals surface area (Å²) >= 11 is 0. The van der Waals surface area contributed by atoms with Gasteiger partial charge in [-0.25, -0.2) is 0 Å². The van der Waals surface area contributed by atoms with Gasteiger partial charge < -0.3 is 47.4 Å². The number of hydrogen-bond acceptors (Lipinski definition) is 20. The molecule has 0 N–H and O–H groups in total. The molecule has 0 amide bonds. The largest absolute Gasteiger partial charge is 0.458 e. The average Bonchev–Trinajstić information content (AvgIpc) is 1.67. The van der Waals surface area contributed by atoms with E-state index in [2.05, 4.69) is 27.7 Å². The molecule has 0 radical (unpaired) electrons. The molecule has 17 rings (SSSR count). The van der Waals surface area contributed by atoms with Gasteiger partial charge in [0, 0.05) is 25.7 Å². The van der Waals surface area contributed by atoms with Crippen LogP contribution in [0.15, 0.2) is 0 Å². The number of ether oxygens (including phenoxy) is 10. The van der Waals surface area contributed by atoms with Crippen LogP contribution < -0.4 is 0 Å². The highest BCUT2D eigenvalue weighted by atomic mass is 16.6.